The summed E-state index contributed by atoms with van der Waals surface area (Å²) < 4.78 is 40.8. The van der Waals surface area contributed by atoms with Crippen molar-refractivity contribution in [3.63, 3.8) is 0 Å². The van der Waals surface area contributed by atoms with E-state index >= 15 is 0 Å². The standard InChI is InChI=1S/C33H37F3N8OS/c1-20-14-32(20,42-29(45)17-38)8-3-9-44-24(16-37)12-26-21(2)22(4-5-28(26)44)18-43-10-6-23(7-11-43)41-30-27-13-25(15-33(34,35)36)46-31(27)40-19-39-30/h4-5,12-13,19,23H,1,3,6-11,14-15,17-18,38H2,2H3,(H,42,45)(H,39,40,41). The van der Waals surface area contributed by atoms with Crippen molar-refractivity contribution >= 4 is 44.2 Å². The van der Waals surface area contributed by atoms with Crippen LogP contribution >= 0.6 is 11.3 Å². The lowest BCUT2D eigenvalue weighted by molar-refractivity contribution is -0.126. The van der Waals surface area contributed by atoms with Crippen LogP contribution in [0.5, 0.6) is 0 Å². The molecular weight excluding hydrogens is 613 g/mol. The van der Waals surface area contributed by atoms with E-state index in [1.54, 1.807) is 6.07 Å². The minimum atomic E-state index is -4.26. The Labute approximate surface area is 269 Å². The van der Waals surface area contributed by atoms with Crippen molar-refractivity contribution in [1.29, 1.82) is 5.26 Å². The number of hydrogen-bond donors (Lipinski definition) is 3. The van der Waals surface area contributed by atoms with E-state index in [0.717, 1.165) is 85.1 Å². The quantitative estimate of drug-likeness (QED) is 0.182. The normalized spacial score (nSPS) is 19.1. The summed E-state index contributed by atoms with van der Waals surface area (Å²) in [4.78, 5) is 23.6. The van der Waals surface area contributed by atoms with Gasteiger partial charge in [0.2, 0.25) is 5.91 Å². The third kappa shape index (κ3) is 6.74. The van der Waals surface area contributed by atoms with Crippen LogP contribution in [0.4, 0.5) is 19.0 Å². The number of nitriles is 1. The van der Waals surface area contributed by atoms with E-state index in [0.29, 0.717) is 28.3 Å². The van der Waals surface area contributed by atoms with Gasteiger partial charge in [0.1, 0.15) is 28.7 Å². The van der Waals surface area contributed by atoms with Gasteiger partial charge in [-0.25, -0.2) is 9.97 Å². The van der Waals surface area contributed by atoms with Crippen LogP contribution in [0.3, 0.4) is 0 Å². The van der Waals surface area contributed by atoms with E-state index in [4.69, 9.17) is 5.73 Å². The number of halogens is 3. The number of nitrogens with two attached hydrogens (primary N) is 1. The summed E-state index contributed by atoms with van der Waals surface area (Å²) in [7, 11) is 0. The molecule has 0 bridgehead atoms. The molecule has 1 saturated heterocycles. The van der Waals surface area contributed by atoms with E-state index in [1.165, 1.54) is 11.9 Å². The number of thiophene rings is 1. The fourth-order valence-electron chi connectivity index (χ4n) is 6.64. The average Bonchev–Trinajstić information content (AvgIpc) is 3.30. The van der Waals surface area contributed by atoms with E-state index in [2.05, 4.69) is 61.8 Å². The molecule has 3 aromatic heterocycles. The molecule has 242 valence electrons. The van der Waals surface area contributed by atoms with Crippen LogP contribution in [0.2, 0.25) is 0 Å². The Bertz CT molecular complexity index is 1830. The van der Waals surface area contributed by atoms with Gasteiger partial charge in [-0.05, 0) is 73.9 Å². The molecule has 1 aliphatic carbocycles. The van der Waals surface area contributed by atoms with Gasteiger partial charge in [0.05, 0.1) is 23.9 Å². The highest BCUT2D eigenvalue weighted by Gasteiger charge is 2.47. The minimum absolute atomic E-state index is 0.0498. The van der Waals surface area contributed by atoms with E-state index in [9.17, 15) is 23.2 Å². The predicted molar refractivity (Wildman–Crippen MR) is 173 cm³/mol. The van der Waals surface area contributed by atoms with Crippen LogP contribution in [0, 0.1) is 18.3 Å². The maximum Gasteiger partial charge on any atom is 0.393 e. The maximum atomic E-state index is 12.9. The Balaban J connectivity index is 1.07. The molecule has 13 heteroatoms. The number of nitrogens with one attached hydrogen (secondary N) is 2. The molecule has 1 atom stereocenters. The van der Waals surface area contributed by atoms with Crippen LogP contribution in [0.25, 0.3) is 21.1 Å². The number of nitrogens with zero attached hydrogens (tertiary/aromatic N) is 5. The number of carbonyl (C=O) groups is 1. The molecular formula is C33H37F3N8OS. The molecule has 0 spiro atoms. The lowest BCUT2D eigenvalue weighted by Gasteiger charge is -2.33. The number of carbonyl (C=O) groups excluding carboxylic acids is 1. The molecule has 4 aromatic rings. The lowest BCUT2D eigenvalue weighted by atomic mass is 10.0. The van der Waals surface area contributed by atoms with Crippen molar-refractivity contribution in [2.75, 3.05) is 25.0 Å². The number of hydrogen-bond acceptors (Lipinski definition) is 8. The molecule has 1 amide bonds. The van der Waals surface area contributed by atoms with Gasteiger partial charge in [0, 0.05) is 48.0 Å². The molecule has 1 saturated carbocycles. The van der Waals surface area contributed by atoms with Crippen molar-refractivity contribution in [3.8, 4) is 6.07 Å². The highest BCUT2D eigenvalue weighted by atomic mass is 32.1. The topological polar surface area (TPSA) is 125 Å². The average molecular weight is 651 g/mol. The minimum Gasteiger partial charge on any atom is -0.367 e. The van der Waals surface area contributed by atoms with Crippen molar-refractivity contribution in [1.82, 2.24) is 24.8 Å². The van der Waals surface area contributed by atoms with Crippen LogP contribution in [0.15, 0.2) is 42.7 Å². The first-order valence-electron chi connectivity index (χ1n) is 15.5. The third-order valence-corrected chi connectivity index (χ3v) is 10.3. The smallest absolute Gasteiger partial charge is 0.367 e. The number of anilines is 1. The van der Waals surface area contributed by atoms with Gasteiger partial charge in [0.25, 0.3) is 0 Å². The molecule has 2 aliphatic rings. The molecule has 1 unspecified atom stereocenters. The van der Waals surface area contributed by atoms with Crippen molar-refractivity contribution in [3.05, 3.63) is 64.4 Å². The number of piperidine rings is 1. The van der Waals surface area contributed by atoms with Crippen molar-refractivity contribution < 1.29 is 18.0 Å². The zero-order chi connectivity index (χ0) is 32.6. The first-order chi connectivity index (χ1) is 22.0. The summed E-state index contributed by atoms with van der Waals surface area (Å²) >= 11 is 1.06. The van der Waals surface area contributed by atoms with Gasteiger partial charge in [0.15, 0.2) is 0 Å². The highest BCUT2D eigenvalue weighted by Crippen LogP contribution is 2.45. The number of benzene rings is 1. The van der Waals surface area contributed by atoms with Gasteiger partial charge in [-0.15, -0.1) is 11.3 Å². The fraction of sp³-hybridized carbons (Fsp3) is 0.455. The molecule has 1 aliphatic heterocycles. The van der Waals surface area contributed by atoms with Crippen molar-refractivity contribution in [2.24, 2.45) is 5.73 Å². The number of likely N-dealkylation sites (tertiary alicyclic amines) is 1. The van der Waals surface area contributed by atoms with E-state index in [-0.39, 0.29) is 28.9 Å². The maximum absolute atomic E-state index is 12.9. The monoisotopic (exact) mass is 650 g/mol. The predicted octanol–water partition coefficient (Wildman–Crippen LogP) is 5.56. The number of aromatic nitrogens is 3. The summed E-state index contributed by atoms with van der Waals surface area (Å²) in [6.45, 7) is 9.30. The molecule has 4 N–H and O–H groups in total. The molecule has 46 heavy (non-hydrogen) atoms. The lowest BCUT2D eigenvalue weighted by Crippen LogP contribution is -2.41. The highest BCUT2D eigenvalue weighted by molar-refractivity contribution is 7.18. The van der Waals surface area contributed by atoms with Crippen LogP contribution in [0.1, 0.15) is 53.8 Å². The second-order valence-corrected chi connectivity index (χ2v) is 13.5. The van der Waals surface area contributed by atoms with Crippen molar-refractivity contribution in [2.45, 2.75) is 76.3 Å². The van der Waals surface area contributed by atoms with Crippen LogP contribution in [-0.4, -0.2) is 62.7 Å². The van der Waals surface area contributed by atoms with Crippen LogP contribution < -0.4 is 16.4 Å². The molecule has 6 rings (SSSR count). The number of fused-ring (bicyclic) bond motifs is 2. The van der Waals surface area contributed by atoms with Gasteiger partial charge in [-0.3, -0.25) is 9.69 Å². The summed E-state index contributed by atoms with van der Waals surface area (Å²) in [5.41, 5.74) is 10.1. The third-order valence-electron chi connectivity index (χ3n) is 9.28. The molecule has 0 radical (unpaired) electrons. The van der Waals surface area contributed by atoms with Gasteiger partial charge >= 0.3 is 6.18 Å². The number of alkyl halides is 3. The summed E-state index contributed by atoms with van der Waals surface area (Å²) in [6, 6.07) is 10.3. The number of rotatable bonds is 11. The fourth-order valence-corrected chi connectivity index (χ4v) is 7.66. The first-order valence-corrected chi connectivity index (χ1v) is 16.3. The molecule has 9 nitrogen and oxygen atoms in total. The number of aryl methyl sites for hydroxylation is 2. The molecule has 1 aromatic carbocycles. The SMILES string of the molecule is C=C1CC1(CCCn1c(C#N)cc2c(C)c(CN3CCC(Nc4ncnc5sc(CC(F)(F)F)cc45)CC3)ccc21)NC(=O)CN. The summed E-state index contributed by atoms with van der Waals surface area (Å²) in [6.07, 6.45) is 0.223. The zero-order valence-corrected chi connectivity index (χ0v) is 26.5. The Kier molecular flexibility index (Phi) is 8.80. The zero-order valence-electron chi connectivity index (χ0n) is 25.7. The summed E-state index contributed by atoms with van der Waals surface area (Å²) in [5, 5.41) is 18.1. The molecule has 4 heterocycles. The van der Waals surface area contributed by atoms with Gasteiger partial charge in [-0.1, -0.05) is 12.6 Å². The Morgan fingerprint density at radius 3 is 2.67 bits per heavy atom. The Hall–Kier alpha value is -3.99. The van der Waals surface area contributed by atoms with E-state index < -0.39 is 12.6 Å². The second-order valence-electron chi connectivity index (χ2n) is 12.4. The second kappa shape index (κ2) is 12.7. The largest absolute Gasteiger partial charge is 0.393 e. The molecule has 2 fully saturated rings. The van der Waals surface area contributed by atoms with E-state index in [1.807, 2.05) is 6.07 Å². The summed E-state index contributed by atoms with van der Waals surface area (Å²) in [5.74, 6) is 0.406. The van der Waals surface area contributed by atoms with Gasteiger partial charge < -0.3 is 20.9 Å². The number of amides is 1. The van der Waals surface area contributed by atoms with Crippen LogP contribution in [-0.2, 0) is 24.3 Å². The first kappa shape index (κ1) is 32.0. The Morgan fingerprint density at radius 2 is 2.00 bits per heavy atom. The Morgan fingerprint density at radius 1 is 1.24 bits per heavy atom. The van der Waals surface area contributed by atoms with Gasteiger partial charge in [-0.2, -0.15) is 18.4 Å².